The Balaban J connectivity index is 1.77. The highest BCUT2D eigenvalue weighted by Gasteiger charge is 2.07. The van der Waals surface area contributed by atoms with E-state index in [1.807, 2.05) is 18.2 Å². The number of carbonyl (C=O) groups excluding carboxylic acids is 1. The van der Waals surface area contributed by atoms with Crippen molar-refractivity contribution in [2.75, 3.05) is 17.7 Å². The van der Waals surface area contributed by atoms with Gasteiger partial charge in [0.2, 0.25) is 5.95 Å². The number of anilines is 4. The first kappa shape index (κ1) is 18.4. The average molecular weight is 361 g/mol. The second-order valence-corrected chi connectivity index (χ2v) is 6.45. The van der Waals surface area contributed by atoms with Gasteiger partial charge in [0.25, 0.3) is 5.91 Å². The highest BCUT2D eigenvalue weighted by atomic mass is 16.1. The molecule has 0 saturated carbocycles. The Morgan fingerprint density at radius 1 is 0.926 bits per heavy atom. The number of aromatic nitrogens is 2. The van der Waals surface area contributed by atoms with E-state index in [4.69, 9.17) is 0 Å². The molecule has 0 aliphatic carbocycles. The van der Waals surface area contributed by atoms with Crippen LogP contribution in [0.2, 0.25) is 0 Å². The molecule has 27 heavy (non-hydrogen) atoms. The summed E-state index contributed by atoms with van der Waals surface area (Å²) in [5, 5.41) is 9.14. The third kappa shape index (κ3) is 4.41. The van der Waals surface area contributed by atoms with Crippen LogP contribution in [-0.2, 0) is 0 Å². The maximum absolute atomic E-state index is 11.6. The Kier molecular flexibility index (Phi) is 5.35. The standard InChI is InChI=1S/C21H23N5O/c1-13-11-14(2)19(15(3)12-13)25-18-9-10-23-21(26-18)24-17-7-5-16(6-8-17)20(27)22-4/h5-12H,1-4H3,(H,22,27)(H2,23,24,25,26). The van der Waals surface area contributed by atoms with Crippen molar-refractivity contribution in [3.8, 4) is 0 Å². The van der Waals surface area contributed by atoms with E-state index in [0.717, 1.165) is 11.4 Å². The van der Waals surface area contributed by atoms with Crippen molar-refractivity contribution in [3.05, 3.63) is 70.9 Å². The summed E-state index contributed by atoms with van der Waals surface area (Å²) in [7, 11) is 1.61. The summed E-state index contributed by atoms with van der Waals surface area (Å²) in [6.07, 6.45) is 1.70. The molecule has 0 fully saturated rings. The zero-order valence-corrected chi connectivity index (χ0v) is 15.9. The van der Waals surface area contributed by atoms with E-state index in [0.29, 0.717) is 17.3 Å². The van der Waals surface area contributed by atoms with Crippen LogP contribution in [0.1, 0.15) is 27.0 Å². The maximum Gasteiger partial charge on any atom is 0.251 e. The Morgan fingerprint density at radius 2 is 1.59 bits per heavy atom. The molecule has 0 aliphatic heterocycles. The Bertz CT molecular complexity index is 944. The number of nitrogens with one attached hydrogen (secondary N) is 3. The van der Waals surface area contributed by atoms with Crippen molar-refractivity contribution in [2.24, 2.45) is 0 Å². The predicted octanol–water partition coefficient (Wildman–Crippen LogP) is 4.25. The maximum atomic E-state index is 11.6. The first-order chi connectivity index (χ1) is 13.0. The first-order valence-electron chi connectivity index (χ1n) is 8.73. The summed E-state index contributed by atoms with van der Waals surface area (Å²) in [6, 6.07) is 13.3. The van der Waals surface area contributed by atoms with Crippen molar-refractivity contribution in [2.45, 2.75) is 20.8 Å². The molecule has 0 atom stereocenters. The van der Waals surface area contributed by atoms with Gasteiger partial charge in [0.05, 0.1) is 0 Å². The topological polar surface area (TPSA) is 78.9 Å². The van der Waals surface area contributed by atoms with E-state index in [1.165, 1.54) is 16.7 Å². The molecule has 0 unspecified atom stereocenters. The van der Waals surface area contributed by atoms with E-state index in [-0.39, 0.29) is 5.91 Å². The molecule has 138 valence electrons. The number of amides is 1. The molecule has 0 radical (unpaired) electrons. The fourth-order valence-corrected chi connectivity index (χ4v) is 2.97. The average Bonchev–Trinajstić information content (AvgIpc) is 2.65. The van der Waals surface area contributed by atoms with Crippen LogP contribution in [0.4, 0.5) is 23.1 Å². The Morgan fingerprint density at radius 3 is 2.22 bits per heavy atom. The van der Waals surface area contributed by atoms with Crippen LogP contribution in [0.3, 0.4) is 0 Å². The number of nitrogens with zero attached hydrogens (tertiary/aromatic N) is 2. The molecule has 0 aliphatic rings. The lowest BCUT2D eigenvalue weighted by Crippen LogP contribution is -2.17. The number of rotatable bonds is 5. The van der Waals surface area contributed by atoms with Crippen molar-refractivity contribution >= 4 is 29.0 Å². The number of aryl methyl sites for hydroxylation is 3. The second-order valence-electron chi connectivity index (χ2n) is 6.45. The summed E-state index contributed by atoms with van der Waals surface area (Å²) in [6.45, 7) is 6.25. The number of hydrogen-bond donors (Lipinski definition) is 3. The smallest absolute Gasteiger partial charge is 0.251 e. The van der Waals surface area contributed by atoms with Crippen molar-refractivity contribution < 1.29 is 4.79 Å². The van der Waals surface area contributed by atoms with Gasteiger partial charge in [-0.25, -0.2) is 4.98 Å². The molecule has 1 heterocycles. The lowest BCUT2D eigenvalue weighted by molar-refractivity contribution is 0.0963. The fourth-order valence-electron chi connectivity index (χ4n) is 2.97. The minimum absolute atomic E-state index is 0.118. The van der Waals surface area contributed by atoms with Crippen molar-refractivity contribution in [1.82, 2.24) is 15.3 Å². The van der Waals surface area contributed by atoms with Gasteiger partial charge in [-0.2, -0.15) is 4.98 Å². The first-order valence-corrected chi connectivity index (χ1v) is 8.73. The molecule has 1 amide bonds. The summed E-state index contributed by atoms with van der Waals surface area (Å²) in [5.41, 5.74) is 6.05. The van der Waals surface area contributed by atoms with Crippen LogP contribution in [-0.4, -0.2) is 22.9 Å². The van der Waals surface area contributed by atoms with Crippen molar-refractivity contribution in [3.63, 3.8) is 0 Å². The monoisotopic (exact) mass is 361 g/mol. The molecule has 6 heteroatoms. The Hall–Kier alpha value is -3.41. The lowest BCUT2D eigenvalue weighted by Gasteiger charge is -2.14. The minimum Gasteiger partial charge on any atom is -0.355 e. The van der Waals surface area contributed by atoms with E-state index >= 15 is 0 Å². The van der Waals surface area contributed by atoms with Gasteiger partial charge in [-0.3, -0.25) is 4.79 Å². The number of hydrogen-bond acceptors (Lipinski definition) is 5. The SMILES string of the molecule is CNC(=O)c1ccc(Nc2nccc(Nc3c(C)cc(C)cc3C)n2)cc1. The molecule has 3 N–H and O–H groups in total. The summed E-state index contributed by atoms with van der Waals surface area (Å²) in [5.74, 6) is 1.08. The third-order valence-corrected chi connectivity index (χ3v) is 4.22. The van der Waals surface area contributed by atoms with Crippen LogP contribution in [0.5, 0.6) is 0 Å². The van der Waals surface area contributed by atoms with Gasteiger partial charge in [-0.1, -0.05) is 17.7 Å². The fraction of sp³-hybridized carbons (Fsp3) is 0.190. The zero-order valence-electron chi connectivity index (χ0n) is 15.9. The van der Waals surface area contributed by atoms with Crippen LogP contribution >= 0.6 is 0 Å². The van der Waals surface area contributed by atoms with E-state index in [1.54, 1.807) is 25.4 Å². The molecule has 6 nitrogen and oxygen atoms in total. The predicted molar refractivity (Wildman–Crippen MR) is 109 cm³/mol. The molecule has 0 saturated heterocycles. The van der Waals surface area contributed by atoms with Crippen LogP contribution in [0, 0.1) is 20.8 Å². The third-order valence-electron chi connectivity index (χ3n) is 4.22. The summed E-state index contributed by atoms with van der Waals surface area (Å²) < 4.78 is 0. The van der Waals surface area contributed by atoms with Crippen LogP contribution < -0.4 is 16.0 Å². The van der Waals surface area contributed by atoms with Crippen LogP contribution in [0.15, 0.2) is 48.7 Å². The number of benzene rings is 2. The van der Waals surface area contributed by atoms with Gasteiger partial charge in [0.1, 0.15) is 5.82 Å². The lowest BCUT2D eigenvalue weighted by atomic mass is 10.1. The zero-order chi connectivity index (χ0) is 19.4. The molecule has 3 aromatic rings. The highest BCUT2D eigenvalue weighted by molar-refractivity contribution is 5.94. The Labute approximate surface area is 159 Å². The van der Waals surface area contributed by atoms with Gasteiger partial charge < -0.3 is 16.0 Å². The molecule has 3 rings (SSSR count). The number of carbonyl (C=O) groups is 1. The molecular formula is C21H23N5O. The van der Waals surface area contributed by atoms with Gasteiger partial charge >= 0.3 is 0 Å². The van der Waals surface area contributed by atoms with E-state index < -0.39 is 0 Å². The summed E-state index contributed by atoms with van der Waals surface area (Å²) >= 11 is 0. The summed E-state index contributed by atoms with van der Waals surface area (Å²) in [4.78, 5) is 20.4. The molecule has 0 bridgehead atoms. The van der Waals surface area contributed by atoms with Gasteiger partial charge in [-0.05, 0) is 62.2 Å². The normalized spacial score (nSPS) is 10.4. The van der Waals surface area contributed by atoms with E-state index in [2.05, 4.69) is 58.8 Å². The minimum atomic E-state index is -0.118. The quantitative estimate of drug-likeness (QED) is 0.633. The van der Waals surface area contributed by atoms with Gasteiger partial charge in [-0.15, -0.1) is 0 Å². The largest absolute Gasteiger partial charge is 0.355 e. The molecule has 0 spiro atoms. The van der Waals surface area contributed by atoms with Crippen LogP contribution in [0.25, 0.3) is 0 Å². The van der Waals surface area contributed by atoms with Gasteiger partial charge in [0, 0.05) is 30.2 Å². The van der Waals surface area contributed by atoms with Gasteiger partial charge in [0.15, 0.2) is 0 Å². The van der Waals surface area contributed by atoms with Crippen molar-refractivity contribution in [1.29, 1.82) is 0 Å². The molecule has 1 aromatic heterocycles. The molecular weight excluding hydrogens is 338 g/mol. The molecule has 2 aromatic carbocycles. The van der Waals surface area contributed by atoms with E-state index in [9.17, 15) is 4.79 Å². The second kappa shape index (κ2) is 7.86. The highest BCUT2D eigenvalue weighted by Crippen LogP contribution is 2.25.